The molecule has 0 aliphatic rings. The predicted molar refractivity (Wildman–Crippen MR) is 385 cm³/mol. The number of sulfone groups is 3. The Morgan fingerprint density at radius 1 is 0.448 bits per heavy atom. The van der Waals surface area contributed by atoms with Gasteiger partial charge < -0.3 is 39.6 Å². The summed E-state index contributed by atoms with van der Waals surface area (Å²) in [6.07, 6.45) is -4.93. The highest BCUT2D eigenvalue weighted by atomic mass is 35.5. The van der Waals surface area contributed by atoms with E-state index in [1.165, 1.54) is 153 Å². The van der Waals surface area contributed by atoms with Gasteiger partial charge in [0, 0.05) is 50.1 Å². The lowest BCUT2D eigenvalue weighted by Crippen LogP contribution is -2.17. The van der Waals surface area contributed by atoms with Crippen LogP contribution in [-0.2, 0) is 29.5 Å². The molecule has 105 heavy (non-hydrogen) atoms. The molecule has 3 aromatic heterocycles. The highest BCUT2D eigenvalue weighted by Gasteiger charge is 2.34. The van der Waals surface area contributed by atoms with Gasteiger partial charge in [-0.15, -0.1) is 13.2 Å². The molecule has 0 bridgehead atoms. The number of imidazole rings is 3. The SMILES string of the molecule is CCS(=O)(=O)c1ccc(/C(=N\O)c2nc3c(Cl)c(-c4ccccc4OC(F)F)c(Cl)cc3[nH]2)cc1.CCS(=O)(=O)c1ccc(/C(=N\O)c2nc3c(Cl)c(-c4ccccc4OC(F)F)c(Cl)cc3[nH]2)cc1.CCS(=O)(=O)c1ccc(C(=O)c2nc3c(Cl)c(-c4ccccc4OC(F)(F)F)c(Cl)cc3[nH]2)cc1. The van der Waals surface area contributed by atoms with E-state index in [2.05, 4.69) is 54.4 Å². The van der Waals surface area contributed by atoms with Crippen molar-refractivity contribution < 1.29 is 85.4 Å². The molecule has 0 saturated heterocycles. The lowest BCUT2D eigenvalue weighted by Gasteiger charge is -2.15. The van der Waals surface area contributed by atoms with E-state index in [9.17, 15) is 71.2 Å². The van der Waals surface area contributed by atoms with Crippen LogP contribution in [-0.4, -0.2) is 120 Å². The maximum Gasteiger partial charge on any atom is 0.573 e. The van der Waals surface area contributed by atoms with E-state index >= 15 is 0 Å². The molecule has 9 aromatic carbocycles. The van der Waals surface area contributed by atoms with Gasteiger partial charge in [0.2, 0.25) is 5.78 Å². The molecule has 0 atom stereocenters. The van der Waals surface area contributed by atoms with Gasteiger partial charge in [0.15, 0.2) is 58.4 Å². The Bertz CT molecular complexity index is 5510. The molecule has 12 rings (SSSR count). The summed E-state index contributed by atoms with van der Waals surface area (Å²) in [5, 5.41) is 26.3. The summed E-state index contributed by atoms with van der Waals surface area (Å²) in [4.78, 5) is 35.1. The highest BCUT2D eigenvalue weighted by molar-refractivity contribution is 7.92. The number of para-hydroxylation sites is 3. The number of hydrogen-bond acceptors (Lipinski definition) is 17. The van der Waals surface area contributed by atoms with Gasteiger partial charge in [-0.25, -0.2) is 40.2 Å². The van der Waals surface area contributed by atoms with E-state index in [-0.39, 0.29) is 163 Å². The number of ether oxygens (including phenoxy) is 3. The third-order valence-corrected chi connectivity index (χ3v) is 22.8. The van der Waals surface area contributed by atoms with Crippen molar-refractivity contribution in [1.29, 1.82) is 0 Å². The van der Waals surface area contributed by atoms with Gasteiger partial charge in [-0.3, -0.25) is 4.79 Å². The number of H-pyrrole nitrogens is 3. The third-order valence-electron chi connectivity index (χ3n) is 15.6. The van der Waals surface area contributed by atoms with Crippen molar-refractivity contribution in [2.75, 3.05) is 17.3 Å². The zero-order valence-corrected chi connectivity index (χ0v) is 60.7. The lowest BCUT2D eigenvalue weighted by atomic mass is 10.0. The van der Waals surface area contributed by atoms with Crippen LogP contribution in [0.5, 0.6) is 17.2 Å². The van der Waals surface area contributed by atoms with E-state index in [1.807, 2.05) is 0 Å². The standard InChI is InChI=1S/C23H15Cl2F3N2O4S.2C23H17Cl2F2N3O4S/c1-2-35(32,33)13-9-7-12(8-10-13)21(31)22-29-16-11-15(24)18(19(25)20(16)30-22)14-5-3-4-6-17(14)34-23(26,27)28;2*1-2-35(32,33)13-9-7-12(8-10-13)20(30-31)22-28-16-11-15(24)18(19(25)21(16)29-22)14-5-3-4-6-17(14)34-23(26)27/h3-11H,2H2,1H3,(H,29,30);2*3-11,23,31H,2H2,1H3,(H,28,29)/b;2*30-20+. The van der Waals surface area contributed by atoms with Gasteiger partial charge in [0.1, 0.15) is 33.8 Å². The number of carbonyl (C=O) groups excluding carboxylic acids is 1. The first kappa shape index (κ1) is 78.1. The largest absolute Gasteiger partial charge is 0.573 e. The van der Waals surface area contributed by atoms with E-state index in [0.717, 1.165) is 6.07 Å². The fraction of sp³-hybridized carbons (Fsp3) is 0.130. The minimum absolute atomic E-state index is 0.00896. The Morgan fingerprint density at radius 3 is 1.04 bits per heavy atom. The molecule has 0 unspecified atom stereocenters. The number of nitrogens with one attached hydrogen (secondary N) is 3. The minimum Gasteiger partial charge on any atom is -0.434 e. The minimum atomic E-state index is -4.93. The molecule has 20 nitrogen and oxygen atoms in total. The summed E-state index contributed by atoms with van der Waals surface area (Å²) in [7, 11) is -10.2. The number of aromatic amines is 3. The average molecular weight is 1620 g/mol. The summed E-state index contributed by atoms with van der Waals surface area (Å²) >= 11 is 39.0. The first-order valence-electron chi connectivity index (χ1n) is 30.3. The van der Waals surface area contributed by atoms with Gasteiger partial charge in [0.05, 0.1) is 78.6 Å². The van der Waals surface area contributed by atoms with Crippen molar-refractivity contribution in [3.8, 4) is 50.6 Å². The third kappa shape index (κ3) is 17.1. The van der Waals surface area contributed by atoms with Gasteiger partial charge in [0.25, 0.3) is 0 Å². The molecule has 0 fully saturated rings. The molecular formula is C69H49Cl6F7N8O12S3. The number of benzene rings is 9. The second-order valence-corrected chi connectivity index (χ2v) is 31.1. The Balaban J connectivity index is 0.000000169. The van der Waals surface area contributed by atoms with Gasteiger partial charge >= 0.3 is 19.6 Å². The highest BCUT2D eigenvalue weighted by Crippen LogP contribution is 2.47. The number of halogens is 13. The molecule has 0 saturated carbocycles. The molecule has 0 radical (unpaired) electrons. The number of ketones is 1. The summed E-state index contributed by atoms with van der Waals surface area (Å²) in [6, 6.07) is 38.9. The second kappa shape index (κ2) is 32.1. The molecule has 36 heteroatoms. The van der Waals surface area contributed by atoms with Crippen LogP contribution in [0, 0.1) is 0 Å². The normalized spacial score (nSPS) is 12.4. The van der Waals surface area contributed by atoms with Crippen LogP contribution in [0.4, 0.5) is 30.7 Å². The molecule has 0 amide bonds. The van der Waals surface area contributed by atoms with Crippen molar-refractivity contribution in [1.82, 2.24) is 29.9 Å². The predicted octanol–water partition coefficient (Wildman–Crippen LogP) is 18.8. The number of oxime groups is 2. The average Bonchev–Trinajstić information content (AvgIpc) is 1.67. The van der Waals surface area contributed by atoms with Crippen LogP contribution in [0.1, 0.15) is 59.7 Å². The van der Waals surface area contributed by atoms with Crippen molar-refractivity contribution in [2.45, 2.75) is 55.0 Å². The number of carbonyl (C=O) groups is 1. The fourth-order valence-corrected chi connectivity index (χ4v) is 15.3. The topological polar surface area (TPSA) is 298 Å². The van der Waals surface area contributed by atoms with E-state index < -0.39 is 60.6 Å². The first-order chi connectivity index (χ1) is 49.7. The van der Waals surface area contributed by atoms with Gasteiger partial charge in [-0.2, -0.15) is 17.6 Å². The maximum atomic E-state index is 12.9. The van der Waals surface area contributed by atoms with Crippen LogP contribution in [0.15, 0.2) is 189 Å². The monoisotopic (exact) mass is 1620 g/mol. The second-order valence-electron chi connectivity index (χ2n) is 21.9. The van der Waals surface area contributed by atoms with E-state index in [1.54, 1.807) is 26.0 Å². The molecule has 0 aliphatic carbocycles. The van der Waals surface area contributed by atoms with Crippen LogP contribution in [0.2, 0.25) is 30.1 Å². The number of fused-ring (bicyclic) bond motifs is 3. The van der Waals surface area contributed by atoms with Gasteiger partial charge in [-0.1, -0.05) is 180 Å². The number of nitrogens with zero attached hydrogens (tertiary/aromatic N) is 5. The fourth-order valence-electron chi connectivity index (χ4n) is 10.5. The van der Waals surface area contributed by atoms with E-state index in [4.69, 9.17) is 69.6 Å². The Kier molecular flexibility index (Phi) is 23.9. The van der Waals surface area contributed by atoms with E-state index in [0.29, 0.717) is 22.2 Å². The molecule has 3 heterocycles. The molecule has 12 aromatic rings. The smallest absolute Gasteiger partial charge is 0.434 e. The summed E-state index contributed by atoms with van der Waals surface area (Å²) in [6.45, 7) is -1.49. The first-order valence-corrected chi connectivity index (χ1v) is 37.5. The number of alkyl halides is 7. The molecule has 0 spiro atoms. The lowest BCUT2D eigenvalue weighted by molar-refractivity contribution is -0.274. The van der Waals surface area contributed by atoms with Crippen molar-refractivity contribution in [3.63, 3.8) is 0 Å². The number of hydrogen-bond donors (Lipinski definition) is 5. The van der Waals surface area contributed by atoms with Crippen LogP contribution >= 0.6 is 69.6 Å². The van der Waals surface area contributed by atoms with Gasteiger partial charge in [-0.05, 0) is 84.9 Å². The zero-order valence-electron chi connectivity index (χ0n) is 53.7. The molecular weight excluding hydrogens is 1570 g/mol. The van der Waals surface area contributed by atoms with Crippen LogP contribution in [0.3, 0.4) is 0 Å². The van der Waals surface area contributed by atoms with Crippen LogP contribution < -0.4 is 14.2 Å². The zero-order chi connectivity index (χ0) is 76.2. The summed E-state index contributed by atoms with van der Waals surface area (Å²) < 4.78 is 176. The molecule has 5 N–H and O–H groups in total. The van der Waals surface area contributed by atoms with Crippen LogP contribution in [0.25, 0.3) is 66.5 Å². The van der Waals surface area contributed by atoms with Crippen molar-refractivity contribution in [3.05, 3.63) is 228 Å². The molecule has 0 aliphatic heterocycles. The Morgan fingerprint density at radius 2 is 0.733 bits per heavy atom. The Hall–Kier alpha value is -9.50. The number of rotatable bonds is 20. The Labute approximate surface area is 621 Å². The summed E-state index contributed by atoms with van der Waals surface area (Å²) in [5.74, 6) is -1.31. The summed E-state index contributed by atoms with van der Waals surface area (Å²) in [5.41, 5.74) is 3.72. The van der Waals surface area contributed by atoms with Crippen molar-refractivity contribution >= 4 is 149 Å². The number of aromatic nitrogens is 6. The maximum absolute atomic E-state index is 12.9. The quantitative estimate of drug-likeness (QED) is 0.0156. The molecule has 546 valence electrons. The van der Waals surface area contributed by atoms with Crippen molar-refractivity contribution in [2.24, 2.45) is 10.3 Å².